The lowest BCUT2D eigenvalue weighted by Gasteiger charge is -2.35. The van der Waals surface area contributed by atoms with Crippen LogP contribution in [-0.2, 0) is 6.54 Å². The molecule has 2 aromatic carbocycles. The van der Waals surface area contributed by atoms with E-state index in [0.29, 0.717) is 24.7 Å². The molecule has 124 valence electrons. The number of hydrogen-bond acceptors (Lipinski definition) is 3. The highest BCUT2D eigenvalue weighted by molar-refractivity contribution is 9.10. The monoisotopic (exact) mass is 405 g/mol. The summed E-state index contributed by atoms with van der Waals surface area (Å²) in [6.45, 7) is 1.70. The Labute approximate surface area is 155 Å². The van der Waals surface area contributed by atoms with Gasteiger partial charge in [-0.25, -0.2) is 0 Å². The second-order valence-electron chi connectivity index (χ2n) is 5.69. The molecule has 1 atom stereocenters. The minimum atomic E-state index is 0.0879. The van der Waals surface area contributed by atoms with E-state index in [2.05, 4.69) is 32.8 Å². The summed E-state index contributed by atoms with van der Waals surface area (Å²) in [4.78, 5) is 2.19. The first-order chi connectivity index (χ1) is 11.6. The zero-order valence-corrected chi connectivity index (χ0v) is 15.3. The van der Waals surface area contributed by atoms with E-state index < -0.39 is 0 Å². The normalized spacial score (nSPS) is 16.3. The summed E-state index contributed by atoms with van der Waals surface area (Å²) in [5.74, 6) is 3.71. The lowest BCUT2D eigenvalue weighted by Crippen LogP contribution is -2.32. The van der Waals surface area contributed by atoms with E-state index in [1.165, 1.54) is 0 Å². The Morgan fingerprint density at radius 1 is 1.38 bits per heavy atom. The first-order valence-electron chi connectivity index (χ1n) is 7.66. The van der Waals surface area contributed by atoms with Gasteiger partial charge in [0.2, 0.25) is 0 Å². The fourth-order valence-corrected chi connectivity index (χ4v) is 3.59. The fourth-order valence-electron chi connectivity index (χ4n) is 3.03. The van der Waals surface area contributed by atoms with E-state index in [-0.39, 0.29) is 11.8 Å². The lowest BCUT2D eigenvalue weighted by molar-refractivity contribution is 0.148. The summed E-state index contributed by atoms with van der Waals surface area (Å²) in [6, 6.07) is 11.4. The second-order valence-corrected chi connectivity index (χ2v) is 6.99. The van der Waals surface area contributed by atoms with Crippen LogP contribution in [0.15, 0.2) is 40.9 Å². The van der Waals surface area contributed by atoms with Gasteiger partial charge in [0, 0.05) is 29.0 Å². The summed E-state index contributed by atoms with van der Waals surface area (Å²) in [7, 11) is 0. The number of terminal acetylenes is 1. The van der Waals surface area contributed by atoms with E-state index in [0.717, 1.165) is 27.8 Å². The molecule has 3 nitrogen and oxygen atoms in total. The van der Waals surface area contributed by atoms with Gasteiger partial charge in [0.25, 0.3) is 0 Å². The zero-order valence-electron chi connectivity index (χ0n) is 13.0. The number of hydrogen-bond donors (Lipinski definition) is 1. The van der Waals surface area contributed by atoms with Crippen molar-refractivity contribution >= 4 is 27.5 Å². The third kappa shape index (κ3) is 3.54. The molecule has 0 spiro atoms. The maximum atomic E-state index is 9.83. The number of rotatable bonds is 4. The Balaban J connectivity index is 1.94. The van der Waals surface area contributed by atoms with Crippen molar-refractivity contribution in [1.82, 2.24) is 4.90 Å². The molecule has 1 unspecified atom stereocenters. The minimum absolute atomic E-state index is 0.0879. The number of benzene rings is 2. The zero-order chi connectivity index (χ0) is 17.1. The highest BCUT2D eigenvalue weighted by Crippen LogP contribution is 2.39. The average Bonchev–Trinajstić information content (AvgIpc) is 2.58. The predicted octanol–water partition coefficient (Wildman–Crippen LogP) is 4.77. The largest absolute Gasteiger partial charge is 0.506 e. The predicted molar refractivity (Wildman–Crippen MR) is 99.4 cm³/mol. The number of phenols is 1. The maximum absolute atomic E-state index is 9.83. The molecular formula is C19H17BrClNO2. The van der Waals surface area contributed by atoms with Crippen molar-refractivity contribution in [1.29, 1.82) is 0 Å². The van der Waals surface area contributed by atoms with Crippen molar-refractivity contribution in [2.45, 2.75) is 19.0 Å². The molecule has 3 rings (SSSR count). The van der Waals surface area contributed by atoms with Crippen LogP contribution in [0.2, 0.25) is 5.02 Å². The Bertz CT molecular complexity index is 787. The molecule has 24 heavy (non-hydrogen) atoms. The van der Waals surface area contributed by atoms with Crippen molar-refractivity contribution in [3.63, 3.8) is 0 Å². The van der Waals surface area contributed by atoms with Crippen molar-refractivity contribution in [2.75, 3.05) is 13.2 Å². The van der Waals surface area contributed by atoms with Gasteiger partial charge >= 0.3 is 0 Å². The SMILES string of the molecule is C#CCN(Cc1cccc(O)c1Cl)C1CCOc2ccc(Br)cc21. The molecule has 0 aliphatic carbocycles. The van der Waals surface area contributed by atoms with E-state index in [1.54, 1.807) is 12.1 Å². The maximum Gasteiger partial charge on any atom is 0.134 e. The molecule has 0 fully saturated rings. The van der Waals surface area contributed by atoms with Crippen LogP contribution >= 0.6 is 27.5 Å². The summed E-state index contributed by atoms with van der Waals surface area (Å²) in [5.41, 5.74) is 1.97. The summed E-state index contributed by atoms with van der Waals surface area (Å²) in [5, 5.41) is 10.2. The topological polar surface area (TPSA) is 32.7 Å². The molecule has 0 bridgehead atoms. The molecule has 0 amide bonds. The van der Waals surface area contributed by atoms with Crippen molar-refractivity contribution in [2.24, 2.45) is 0 Å². The summed E-state index contributed by atoms with van der Waals surface area (Å²) >= 11 is 9.77. The molecule has 1 N–H and O–H groups in total. The average molecular weight is 407 g/mol. The van der Waals surface area contributed by atoms with Gasteiger partial charge in [-0.05, 0) is 29.8 Å². The van der Waals surface area contributed by atoms with Gasteiger partial charge in [0.1, 0.15) is 11.5 Å². The molecule has 0 saturated heterocycles. The molecule has 0 saturated carbocycles. The van der Waals surface area contributed by atoms with Crippen LogP contribution in [-0.4, -0.2) is 23.2 Å². The lowest BCUT2D eigenvalue weighted by atomic mass is 9.98. The quantitative estimate of drug-likeness (QED) is 0.743. The first-order valence-corrected chi connectivity index (χ1v) is 8.83. The standard InChI is InChI=1S/C19H17BrClNO2/c1-2-9-22(12-13-4-3-5-17(23)19(13)21)16-8-10-24-18-7-6-14(20)11-15(16)18/h1,3-7,11,16,23H,8-10,12H2. The van der Waals surface area contributed by atoms with Crippen molar-refractivity contribution in [3.05, 3.63) is 57.0 Å². The van der Waals surface area contributed by atoms with Gasteiger partial charge in [0.15, 0.2) is 0 Å². The number of halogens is 2. The number of aromatic hydroxyl groups is 1. The molecule has 2 aromatic rings. The number of fused-ring (bicyclic) bond motifs is 1. The van der Waals surface area contributed by atoms with Crippen LogP contribution in [0, 0.1) is 12.3 Å². The molecule has 1 aliphatic heterocycles. The van der Waals surface area contributed by atoms with Crippen LogP contribution in [0.4, 0.5) is 0 Å². The van der Waals surface area contributed by atoms with Gasteiger partial charge in [-0.2, -0.15) is 0 Å². The van der Waals surface area contributed by atoms with Crippen molar-refractivity contribution < 1.29 is 9.84 Å². The van der Waals surface area contributed by atoms with E-state index in [4.69, 9.17) is 22.8 Å². The van der Waals surface area contributed by atoms with E-state index in [9.17, 15) is 5.11 Å². The highest BCUT2D eigenvalue weighted by atomic mass is 79.9. The summed E-state index contributed by atoms with van der Waals surface area (Å²) in [6.07, 6.45) is 6.44. The van der Waals surface area contributed by atoms with Gasteiger partial charge in [-0.15, -0.1) is 6.42 Å². The molecule has 5 heteroatoms. The van der Waals surface area contributed by atoms with Crippen LogP contribution in [0.1, 0.15) is 23.6 Å². The van der Waals surface area contributed by atoms with Gasteiger partial charge in [-0.3, -0.25) is 4.90 Å². The van der Waals surface area contributed by atoms with Gasteiger partial charge in [-0.1, -0.05) is 45.6 Å². The third-order valence-electron chi connectivity index (χ3n) is 4.15. The molecule has 0 radical (unpaired) electrons. The van der Waals surface area contributed by atoms with E-state index in [1.807, 2.05) is 18.2 Å². The van der Waals surface area contributed by atoms with Gasteiger partial charge in [0.05, 0.1) is 18.2 Å². The van der Waals surface area contributed by atoms with Crippen LogP contribution in [0.3, 0.4) is 0 Å². The van der Waals surface area contributed by atoms with Crippen molar-refractivity contribution in [3.8, 4) is 23.8 Å². The second kappa shape index (κ2) is 7.48. The number of ether oxygens (including phenoxy) is 1. The van der Waals surface area contributed by atoms with Gasteiger partial charge < -0.3 is 9.84 Å². The summed E-state index contributed by atoms with van der Waals surface area (Å²) < 4.78 is 6.77. The smallest absolute Gasteiger partial charge is 0.134 e. The molecular weight excluding hydrogens is 390 g/mol. The Morgan fingerprint density at radius 3 is 3.00 bits per heavy atom. The molecule has 1 heterocycles. The highest BCUT2D eigenvalue weighted by Gasteiger charge is 2.27. The number of nitrogens with zero attached hydrogens (tertiary/aromatic N) is 1. The molecule has 0 aromatic heterocycles. The van der Waals surface area contributed by atoms with E-state index >= 15 is 0 Å². The van der Waals surface area contributed by atoms with Crippen LogP contribution in [0.5, 0.6) is 11.5 Å². The Morgan fingerprint density at radius 2 is 2.21 bits per heavy atom. The minimum Gasteiger partial charge on any atom is -0.506 e. The van der Waals surface area contributed by atoms with Crippen LogP contribution < -0.4 is 4.74 Å². The fraction of sp³-hybridized carbons (Fsp3) is 0.263. The third-order valence-corrected chi connectivity index (χ3v) is 5.08. The first kappa shape index (κ1) is 17.2. The Hall–Kier alpha value is -1.67. The Kier molecular flexibility index (Phi) is 5.35. The number of phenolic OH excluding ortho intramolecular Hbond substituents is 1. The van der Waals surface area contributed by atoms with Crippen LogP contribution in [0.25, 0.3) is 0 Å². The molecule has 1 aliphatic rings.